The molecular formula is C9H9BrO4. The zero-order chi connectivity index (χ0) is 10.7. The van der Waals surface area contributed by atoms with Crippen molar-refractivity contribution in [2.75, 3.05) is 7.11 Å². The molecule has 0 aliphatic rings. The molecule has 4 nitrogen and oxygen atoms in total. The lowest BCUT2D eigenvalue weighted by molar-refractivity contribution is -0.150. The molecule has 2 N–H and O–H groups in total. The molecule has 1 aromatic rings. The van der Waals surface area contributed by atoms with Crippen LogP contribution in [0, 0.1) is 0 Å². The third kappa shape index (κ3) is 2.05. The molecule has 14 heavy (non-hydrogen) atoms. The lowest BCUT2D eigenvalue weighted by Crippen LogP contribution is -2.13. The van der Waals surface area contributed by atoms with E-state index in [9.17, 15) is 15.0 Å². The predicted octanol–water partition coefficient (Wildman–Crippen LogP) is 1.36. The molecular weight excluding hydrogens is 252 g/mol. The van der Waals surface area contributed by atoms with Gasteiger partial charge < -0.3 is 14.9 Å². The van der Waals surface area contributed by atoms with Crippen molar-refractivity contribution >= 4 is 21.9 Å². The predicted molar refractivity (Wildman–Crippen MR) is 52.8 cm³/mol. The van der Waals surface area contributed by atoms with Crippen molar-refractivity contribution < 1.29 is 19.7 Å². The van der Waals surface area contributed by atoms with Gasteiger partial charge in [-0.25, -0.2) is 4.79 Å². The Kier molecular flexibility index (Phi) is 3.49. The number of phenols is 1. The van der Waals surface area contributed by atoms with Crippen LogP contribution in [0.4, 0.5) is 0 Å². The lowest BCUT2D eigenvalue weighted by atomic mass is 10.1. The summed E-state index contributed by atoms with van der Waals surface area (Å²) in [5, 5.41) is 18.9. The number of para-hydroxylation sites is 1. The summed E-state index contributed by atoms with van der Waals surface area (Å²) in [6, 6.07) is 4.65. The van der Waals surface area contributed by atoms with E-state index in [-0.39, 0.29) is 11.3 Å². The van der Waals surface area contributed by atoms with Crippen LogP contribution in [0.5, 0.6) is 5.75 Å². The molecule has 1 unspecified atom stereocenters. The second-order valence-corrected chi connectivity index (χ2v) is 3.46. The van der Waals surface area contributed by atoms with Gasteiger partial charge in [0.05, 0.1) is 11.6 Å². The van der Waals surface area contributed by atoms with Crippen LogP contribution in [0.3, 0.4) is 0 Å². The highest BCUT2D eigenvalue weighted by Crippen LogP contribution is 2.31. The van der Waals surface area contributed by atoms with Crippen LogP contribution in [0.25, 0.3) is 0 Å². The van der Waals surface area contributed by atoms with Crippen LogP contribution in [0.2, 0.25) is 0 Å². The first-order valence-corrected chi connectivity index (χ1v) is 4.60. The average molecular weight is 261 g/mol. The Morgan fingerprint density at radius 3 is 2.79 bits per heavy atom. The van der Waals surface area contributed by atoms with Crippen LogP contribution in [0.1, 0.15) is 11.7 Å². The number of rotatable bonds is 2. The van der Waals surface area contributed by atoms with E-state index in [4.69, 9.17) is 0 Å². The number of ether oxygens (including phenoxy) is 1. The molecule has 5 heteroatoms. The average Bonchev–Trinajstić information content (AvgIpc) is 2.20. The number of aromatic hydroxyl groups is 1. The summed E-state index contributed by atoms with van der Waals surface area (Å²) in [6.45, 7) is 0. The third-order valence-electron chi connectivity index (χ3n) is 1.74. The van der Waals surface area contributed by atoms with E-state index < -0.39 is 12.1 Å². The van der Waals surface area contributed by atoms with Crippen molar-refractivity contribution in [3.8, 4) is 5.75 Å². The van der Waals surface area contributed by atoms with Crippen LogP contribution < -0.4 is 0 Å². The first-order chi connectivity index (χ1) is 6.57. The van der Waals surface area contributed by atoms with E-state index in [1.807, 2.05) is 0 Å². The second-order valence-electron chi connectivity index (χ2n) is 2.60. The number of esters is 1. The summed E-state index contributed by atoms with van der Waals surface area (Å²) in [7, 11) is 1.17. The number of benzene rings is 1. The second kappa shape index (κ2) is 4.43. The minimum atomic E-state index is -1.46. The summed E-state index contributed by atoms with van der Waals surface area (Å²) >= 11 is 3.07. The Labute approximate surface area is 89.3 Å². The molecule has 0 radical (unpaired) electrons. The fraction of sp³-hybridized carbons (Fsp3) is 0.222. The standard InChI is InChI=1S/C9H9BrO4/c1-14-9(13)8(12)5-3-2-4-6(10)7(5)11/h2-4,8,11-12H,1H3. The van der Waals surface area contributed by atoms with E-state index >= 15 is 0 Å². The van der Waals surface area contributed by atoms with Gasteiger partial charge in [-0.1, -0.05) is 12.1 Å². The first kappa shape index (κ1) is 11.0. The van der Waals surface area contributed by atoms with Crippen molar-refractivity contribution in [3.63, 3.8) is 0 Å². The maximum Gasteiger partial charge on any atom is 0.339 e. The zero-order valence-electron chi connectivity index (χ0n) is 7.40. The fourth-order valence-corrected chi connectivity index (χ4v) is 1.37. The molecule has 0 bridgehead atoms. The van der Waals surface area contributed by atoms with Gasteiger partial charge in [0.1, 0.15) is 5.75 Å². The van der Waals surface area contributed by atoms with E-state index in [1.165, 1.54) is 13.2 Å². The van der Waals surface area contributed by atoms with Crippen LogP contribution in [-0.2, 0) is 9.53 Å². The quantitative estimate of drug-likeness (QED) is 0.789. The maximum absolute atomic E-state index is 11.0. The minimum Gasteiger partial charge on any atom is -0.506 e. The van der Waals surface area contributed by atoms with Gasteiger partial charge in [-0.05, 0) is 22.0 Å². The van der Waals surface area contributed by atoms with Crippen molar-refractivity contribution in [3.05, 3.63) is 28.2 Å². The number of hydrogen-bond donors (Lipinski definition) is 2. The molecule has 76 valence electrons. The highest BCUT2D eigenvalue weighted by molar-refractivity contribution is 9.10. The molecule has 0 aliphatic carbocycles. The normalized spacial score (nSPS) is 12.2. The topological polar surface area (TPSA) is 66.8 Å². The number of halogens is 1. The molecule has 0 heterocycles. The largest absolute Gasteiger partial charge is 0.506 e. The third-order valence-corrected chi connectivity index (χ3v) is 2.38. The number of carbonyl (C=O) groups excluding carboxylic acids is 1. The van der Waals surface area contributed by atoms with Crippen LogP contribution in [0.15, 0.2) is 22.7 Å². The molecule has 1 aromatic carbocycles. The number of aliphatic hydroxyl groups is 1. The molecule has 1 rings (SSSR count). The minimum absolute atomic E-state index is 0.117. The summed E-state index contributed by atoms with van der Waals surface area (Å²) < 4.78 is 4.76. The number of carbonyl (C=O) groups is 1. The van der Waals surface area contributed by atoms with Gasteiger partial charge in [0, 0.05) is 5.56 Å². The van der Waals surface area contributed by atoms with Crippen molar-refractivity contribution in [2.45, 2.75) is 6.10 Å². The summed E-state index contributed by atoms with van der Waals surface area (Å²) in [4.78, 5) is 11.0. The highest BCUT2D eigenvalue weighted by Gasteiger charge is 2.21. The maximum atomic E-state index is 11.0. The Morgan fingerprint density at radius 1 is 1.57 bits per heavy atom. The molecule has 0 spiro atoms. The monoisotopic (exact) mass is 260 g/mol. The molecule has 0 aromatic heterocycles. The van der Waals surface area contributed by atoms with E-state index in [2.05, 4.69) is 20.7 Å². The van der Waals surface area contributed by atoms with Crippen molar-refractivity contribution in [1.29, 1.82) is 0 Å². The first-order valence-electron chi connectivity index (χ1n) is 3.81. The van der Waals surface area contributed by atoms with Gasteiger partial charge >= 0.3 is 5.97 Å². The molecule has 1 atom stereocenters. The number of methoxy groups -OCH3 is 1. The van der Waals surface area contributed by atoms with E-state index in [0.29, 0.717) is 4.47 Å². The van der Waals surface area contributed by atoms with Gasteiger partial charge in [-0.15, -0.1) is 0 Å². The highest BCUT2D eigenvalue weighted by atomic mass is 79.9. The van der Waals surface area contributed by atoms with Crippen molar-refractivity contribution in [2.24, 2.45) is 0 Å². The fourth-order valence-electron chi connectivity index (χ4n) is 0.991. The summed E-state index contributed by atoms with van der Waals surface area (Å²) in [6.07, 6.45) is -1.46. The van der Waals surface area contributed by atoms with Gasteiger partial charge in [-0.3, -0.25) is 0 Å². The van der Waals surface area contributed by atoms with E-state index in [0.717, 1.165) is 0 Å². The molecule has 0 fully saturated rings. The SMILES string of the molecule is COC(=O)C(O)c1cccc(Br)c1O. The number of hydrogen-bond acceptors (Lipinski definition) is 4. The van der Waals surface area contributed by atoms with E-state index in [1.54, 1.807) is 12.1 Å². The molecule has 0 amide bonds. The Bertz CT molecular complexity index is 351. The van der Waals surface area contributed by atoms with Gasteiger partial charge in [-0.2, -0.15) is 0 Å². The number of phenolic OH excluding ortho intramolecular Hbond substituents is 1. The Morgan fingerprint density at radius 2 is 2.21 bits per heavy atom. The molecule has 0 aliphatic heterocycles. The van der Waals surface area contributed by atoms with Gasteiger partial charge in [0.2, 0.25) is 0 Å². The lowest BCUT2D eigenvalue weighted by Gasteiger charge is -2.10. The molecule has 0 saturated heterocycles. The van der Waals surface area contributed by atoms with Crippen LogP contribution in [-0.4, -0.2) is 23.3 Å². The Hall–Kier alpha value is -1.07. The van der Waals surface area contributed by atoms with Crippen LogP contribution >= 0.6 is 15.9 Å². The summed E-state index contributed by atoms with van der Waals surface area (Å²) in [5.74, 6) is -0.969. The Balaban J connectivity index is 3.07. The van der Waals surface area contributed by atoms with Gasteiger partial charge in [0.15, 0.2) is 6.10 Å². The zero-order valence-corrected chi connectivity index (χ0v) is 8.98. The van der Waals surface area contributed by atoms with Crippen molar-refractivity contribution in [1.82, 2.24) is 0 Å². The number of aliphatic hydroxyl groups excluding tert-OH is 1. The summed E-state index contributed by atoms with van der Waals surface area (Å²) in [5.41, 5.74) is 0.117. The van der Waals surface area contributed by atoms with Gasteiger partial charge in [0.25, 0.3) is 0 Å². The smallest absolute Gasteiger partial charge is 0.339 e. The molecule has 0 saturated carbocycles.